The molecule has 3 aromatic rings. The lowest BCUT2D eigenvalue weighted by Crippen LogP contribution is -2.60. The largest absolute Gasteiger partial charge is 0.370 e. The first-order chi connectivity index (χ1) is 29.7. The molecule has 1 fully saturated rings. The van der Waals surface area contributed by atoms with Crippen molar-refractivity contribution in [2.75, 3.05) is 6.54 Å². The number of ketones is 1. The van der Waals surface area contributed by atoms with Crippen molar-refractivity contribution in [1.29, 1.82) is 0 Å². The Kier molecular flexibility index (Phi) is 16.9. The highest BCUT2D eigenvalue weighted by Crippen LogP contribution is 2.20. The number of rotatable bonds is 11. The Hall–Kier alpha value is -6.85. The lowest BCUT2D eigenvalue weighted by Gasteiger charge is -2.27. The number of Topliss-reactive ketones (excluding diaryl/α,β-unsaturated/α-hetero) is 1. The molecule has 0 saturated carbocycles. The number of fused-ring (bicyclic) bond motifs is 1. The van der Waals surface area contributed by atoms with Crippen LogP contribution in [0.15, 0.2) is 82.6 Å². The van der Waals surface area contributed by atoms with E-state index in [-0.39, 0.29) is 76.1 Å². The molecule has 2 aliphatic rings. The molecule has 330 valence electrons. The van der Waals surface area contributed by atoms with Gasteiger partial charge in [-0.2, -0.15) is 0 Å². The number of guanidine groups is 1. The van der Waals surface area contributed by atoms with Gasteiger partial charge in [-0.3, -0.25) is 43.5 Å². The van der Waals surface area contributed by atoms with Crippen molar-refractivity contribution in [1.82, 2.24) is 36.9 Å². The number of para-hydroxylation sites is 1. The molecule has 2 aliphatic heterocycles. The van der Waals surface area contributed by atoms with Crippen molar-refractivity contribution in [2.24, 2.45) is 21.5 Å². The van der Waals surface area contributed by atoms with Crippen LogP contribution in [0.1, 0.15) is 76.3 Å². The second kappa shape index (κ2) is 22.7. The fourth-order valence-corrected chi connectivity index (χ4v) is 7.35. The number of carbonyl (C=O) groups excluding carboxylic acids is 7. The van der Waals surface area contributed by atoms with Crippen LogP contribution in [0.4, 0.5) is 0 Å². The van der Waals surface area contributed by atoms with Gasteiger partial charge in [0.15, 0.2) is 5.96 Å². The first kappa shape index (κ1) is 46.2. The molecule has 0 spiro atoms. The predicted octanol–water partition coefficient (Wildman–Crippen LogP) is 0.847. The predicted molar refractivity (Wildman–Crippen MR) is 234 cm³/mol. The summed E-state index contributed by atoms with van der Waals surface area (Å²) in [5, 5.41) is 17.6. The second-order valence-electron chi connectivity index (χ2n) is 15.7. The quantitative estimate of drug-likeness (QED) is 0.0750. The molecule has 1 aromatic heterocycles. The van der Waals surface area contributed by atoms with Gasteiger partial charge in [0.1, 0.15) is 36.0 Å². The van der Waals surface area contributed by atoms with E-state index in [9.17, 15) is 33.6 Å². The summed E-state index contributed by atoms with van der Waals surface area (Å²) in [6, 6.07) is 9.96. The molecule has 6 atom stereocenters. The minimum Gasteiger partial charge on any atom is -0.370 e. The van der Waals surface area contributed by atoms with E-state index in [1.54, 1.807) is 55.7 Å². The second-order valence-corrected chi connectivity index (χ2v) is 15.7. The number of nitrogens with zero attached hydrogens (tertiary/aromatic N) is 2. The van der Waals surface area contributed by atoms with E-state index >= 15 is 0 Å². The van der Waals surface area contributed by atoms with Gasteiger partial charge < -0.3 is 48.4 Å². The van der Waals surface area contributed by atoms with E-state index in [4.69, 9.17) is 11.5 Å². The monoisotopic (exact) mass is 851 g/mol. The third kappa shape index (κ3) is 14.1. The maximum Gasteiger partial charge on any atom is 0.243 e. The minimum absolute atomic E-state index is 0.00236. The third-order valence-corrected chi connectivity index (χ3v) is 10.6. The van der Waals surface area contributed by atoms with Crippen LogP contribution in [0, 0.1) is 0 Å². The standard InChI is InChI=1S/C44H57N11O7/c1-26-16-17-31(57)18-19-35(51-27(2)56)40(59)55-38(24-30-12-8-20-47-30)43(62)53-36(22-28-10-4-3-5-11-28)42(61)52-34(15-9-21-48-44(45)46)39(58)54-37(41(60)50-26)23-29-25-49-33-14-7-6-13-32(29)33/h3-7,10-14,20,25-26,34-38,49H,8-9,15-19,21-24H2,1-2H3,(H,50,60)(H,51,56)(H,52,61)(H,53,62)(H,54,58)(H,55,59)(H4,45,46,48)/t26-,34+,35+,36-,37+,38+/m1/s1. The van der Waals surface area contributed by atoms with E-state index in [2.05, 4.69) is 46.9 Å². The van der Waals surface area contributed by atoms with Crippen molar-refractivity contribution < 1.29 is 33.6 Å². The van der Waals surface area contributed by atoms with Crippen LogP contribution in [-0.2, 0) is 46.4 Å². The molecule has 6 amide bonds. The fraction of sp³-hybridized carbons (Fsp3) is 0.432. The Morgan fingerprint density at radius 2 is 1.37 bits per heavy atom. The Morgan fingerprint density at radius 1 is 0.758 bits per heavy atom. The number of nitrogens with two attached hydrogens (primary N) is 2. The van der Waals surface area contributed by atoms with Crippen LogP contribution in [0.2, 0.25) is 0 Å². The summed E-state index contributed by atoms with van der Waals surface area (Å²) in [6.07, 6.45) is 6.30. The number of allylic oxidation sites excluding steroid dienone is 1. The van der Waals surface area contributed by atoms with Crippen LogP contribution in [0.5, 0.6) is 0 Å². The Bertz CT molecular complexity index is 2180. The van der Waals surface area contributed by atoms with Gasteiger partial charge in [-0.05, 0) is 49.8 Å². The minimum atomic E-state index is -1.26. The molecule has 11 N–H and O–H groups in total. The van der Waals surface area contributed by atoms with Crippen molar-refractivity contribution >= 4 is 64.3 Å². The first-order valence-corrected chi connectivity index (χ1v) is 20.9. The summed E-state index contributed by atoms with van der Waals surface area (Å²) < 4.78 is 0. The molecule has 0 aliphatic carbocycles. The number of hydrogen-bond donors (Lipinski definition) is 9. The molecule has 3 heterocycles. The first-order valence-electron chi connectivity index (χ1n) is 20.9. The lowest BCUT2D eigenvalue weighted by atomic mass is 10.0. The SMILES string of the molecule is CC(=O)N[C@H]1CCC(=O)CC[C@@H](C)NC(=O)[C@H](Cc2c[nH]c3ccccc23)NC(=O)[C@H](CCCN=C(N)N)NC(=O)[C@@H](Cc2ccccc2)NC(=O)[C@H](CC2=CCC=N2)NC1=O. The van der Waals surface area contributed by atoms with Gasteiger partial charge in [0.2, 0.25) is 35.4 Å². The highest BCUT2D eigenvalue weighted by atomic mass is 16.2. The van der Waals surface area contributed by atoms with Crippen LogP contribution in [0.25, 0.3) is 10.9 Å². The number of H-pyrrole nitrogens is 1. The summed E-state index contributed by atoms with van der Waals surface area (Å²) in [6.45, 7) is 3.13. The van der Waals surface area contributed by atoms with Crippen molar-refractivity contribution in [3.05, 3.63) is 83.7 Å². The van der Waals surface area contributed by atoms with Gasteiger partial charge in [-0.15, -0.1) is 0 Å². The van der Waals surface area contributed by atoms with Crippen LogP contribution in [0.3, 0.4) is 0 Å². The number of aromatic amines is 1. The summed E-state index contributed by atoms with van der Waals surface area (Å²) in [5.41, 5.74) is 13.9. The number of hydrogen-bond acceptors (Lipinski definition) is 9. The van der Waals surface area contributed by atoms with Gasteiger partial charge in [0.05, 0.1) is 0 Å². The number of amides is 6. The smallest absolute Gasteiger partial charge is 0.243 e. The Morgan fingerprint density at radius 3 is 2.06 bits per heavy atom. The normalized spacial score (nSPS) is 23.5. The molecule has 0 unspecified atom stereocenters. The average Bonchev–Trinajstić information content (AvgIpc) is 3.91. The number of aromatic nitrogens is 1. The zero-order valence-electron chi connectivity index (χ0n) is 35.1. The molecule has 2 aromatic carbocycles. The number of nitrogens with one attached hydrogen (secondary N) is 7. The maximum atomic E-state index is 14.4. The maximum absolute atomic E-state index is 14.4. The van der Waals surface area contributed by atoms with Gasteiger partial charge in [-0.1, -0.05) is 54.6 Å². The Labute approximate surface area is 360 Å². The molecule has 1 saturated heterocycles. The molecule has 0 bridgehead atoms. The topological polar surface area (TPSA) is 284 Å². The summed E-state index contributed by atoms with van der Waals surface area (Å²) in [5.74, 6) is -4.18. The zero-order valence-corrected chi connectivity index (χ0v) is 35.1. The zero-order chi connectivity index (χ0) is 44.6. The molecule has 62 heavy (non-hydrogen) atoms. The van der Waals surface area contributed by atoms with E-state index in [1.807, 2.05) is 24.3 Å². The molecule has 5 rings (SSSR count). The lowest BCUT2D eigenvalue weighted by molar-refractivity contribution is -0.135. The average molecular weight is 852 g/mol. The van der Waals surface area contributed by atoms with Crippen LogP contribution < -0.4 is 43.4 Å². The van der Waals surface area contributed by atoms with Gasteiger partial charge in [0, 0.05) is 87.0 Å². The van der Waals surface area contributed by atoms with Gasteiger partial charge >= 0.3 is 0 Å². The highest BCUT2D eigenvalue weighted by molar-refractivity contribution is 5.97. The third-order valence-electron chi connectivity index (χ3n) is 10.6. The van der Waals surface area contributed by atoms with Crippen molar-refractivity contribution in [3.63, 3.8) is 0 Å². The van der Waals surface area contributed by atoms with Gasteiger partial charge in [-0.25, -0.2) is 0 Å². The molecular formula is C44H57N11O7. The molecule has 0 radical (unpaired) electrons. The van der Waals surface area contributed by atoms with E-state index in [0.717, 1.165) is 16.5 Å². The number of carbonyl (C=O) groups is 7. The van der Waals surface area contributed by atoms with Crippen LogP contribution >= 0.6 is 0 Å². The van der Waals surface area contributed by atoms with E-state index < -0.39 is 71.7 Å². The number of benzene rings is 2. The fourth-order valence-electron chi connectivity index (χ4n) is 7.35. The summed E-state index contributed by atoms with van der Waals surface area (Å²) in [7, 11) is 0. The molecule has 18 nitrogen and oxygen atoms in total. The summed E-state index contributed by atoms with van der Waals surface area (Å²) in [4.78, 5) is 108. The van der Waals surface area contributed by atoms with Gasteiger partial charge in [0.25, 0.3) is 0 Å². The Balaban J connectivity index is 1.52. The van der Waals surface area contributed by atoms with E-state index in [1.165, 1.54) is 6.92 Å². The van der Waals surface area contributed by atoms with Crippen LogP contribution in [-0.4, -0.2) is 101 Å². The highest BCUT2D eigenvalue weighted by Gasteiger charge is 2.34. The van der Waals surface area contributed by atoms with Crippen molar-refractivity contribution in [3.8, 4) is 0 Å². The van der Waals surface area contributed by atoms with Crippen molar-refractivity contribution in [2.45, 2.75) is 114 Å². The number of aliphatic imine (C=N–C) groups is 2. The summed E-state index contributed by atoms with van der Waals surface area (Å²) >= 11 is 0. The molecule has 18 heteroatoms. The van der Waals surface area contributed by atoms with E-state index in [0.29, 0.717) is 17.7 Å². The molecular weight excluding hydrogens is 795 g/mol.